The monoisotopic (exact) mass is 368 g/mol. The third-order valence-corrected chi connectivity index (χ3v) is 9.44. The SMILES string of the molecule is C=C1CC[C@]2(CCC3[C@@H]4C=CC5=CC(OCC)CC[C@]5(C)C4CC[C@@]32C)O1. The van der Waals surface area contributed by atoms with E-state index in [9.17, 15) is 0 Å². The summed E-state index contributed by atoms with van der Waals surface area (Å²) in [6.45, 7) is 12.2. The summed E-state index contributed by atoms with van der Waals surface area (Å²) in [4.78, 5) is 0. The molecule has 2 heteroatoms. The maximum atomic E-state index is 6.49. The van der Waals surface area contributed by atoms with E-state index in [2.05, 4.69) is 45.6 Å². The molecule has 1 heterocycles. The van der Waals surface area contributed by atoms with E-state index in [1.54, 1.807) is 5.57 Å². The number of fused-ring (bicyclic) bond motifs is 6. The average molecular weight is 369 g/mol. The van der Waals surface area contributed by atoms with Gasteiger partial charge in [-0.2, -0.15) is 0 Å². The first-order chi connectivity index (χ1) is 12.9. The predicted octanol–water partition coefficient (Wildman–Crippen LogP) is 6.19. The van der Waals surface area contributed by atoms with Crippen LogP contribution in [0.3, 0.4) is 0 Å². The maximum absolute atomic E-state index is 6.49. The fraction of sp³-hybridized carbons (Fsp3) is 0.760. The summed E-state index contributed by atoms with van der Waals surface area (Å²) in [7, 11) is 0. The second-order valence-corrected chi connectivity index (χ2v) is 10.4. The Morgan fingerprint density at radius 1 is 1.11 bits per heavy atom. The van der Waals surface area contributed by atoms with Crippen LogP contribution >= 0.6 is 0 Å². The lowest BCUT2D eigenvalue weighted by atomic mass is 9.48. The van der Waals surface area contributed by atoms with Gasteiger partial charge in [0, 0.05) is 18.4 Å². The van der Waals surface area contributed by atoms with Gasteiger partial charge in [0.05, 0.1) is 11.9 Å². The molecule has 0 N–H and O–H groups in total. The molecule has 5 aliphatic rings. The van der Waals surface area contributed by atoms with Gasteiger partial charge in [0.15, 0.2) is 0 Å². The molecule has 27 heavy (non-hydrogen) atoms. The Bertz CT molecular complexity index is 705. The molecule has 2 nitrogen and oxygen atoms in total. The summed E-state index contributed by atoms with van der Waals surface area (Å²) in [5, 5.41) is 0. The first-order valence-electron chi connectivity index (χ1n) is 11.3. The smallest absolute Gasteiger partial charge is 0.115 e. The van der Waals surface area contributed by atoms with Gasteiger partial charge >= 0.3 is 0 Å². The fourth-order valence-electron chi connectivity index (χ4n) is 7.86. The molecule has 0 bridgehead atoms. The van der Waals surface area contributed by atoms with Crippen LogP contribution in [-0.2, 0) is 9.47 Å². The Morgan fingerprint density at radius 3 is 2.67 bits per heavy atom. The zero-order valence-electron chi connectivity index (χ0n) is 17.4. The van der Waals surface area contributed by atoms with E-state index in [4.69, 9.17) is 9.47 Å². The third kappa shape index (κ3) is 2.35. The third-order valence-electron chi connectivity index (χ3n) is 9.44. The summed E-state index contributed by atoms with van der Waals surface area (Å²) in [6, 6.07) is 0. The maximum Gasteiger partial charge on any atom is 0.115 e. The van der Waals surface area contributed by atoms with Crippen molar-refractivity contribution in [2.24, 2.45) is 28.6 Å². The molecule has 3 unspecified atom stereocenters. The van der Waals surface area contributed by atoms with Crippen LogP contribution in [0, 0.1) is 28.6 Å². The molecule has 1 saturated heterocycles. The van der Waals surface area contributed by atoms with Gasteiger partial charge in [-0.1, -0.05) is 38.7 Å². The minimum atomic E-state index is 0.0806. The normalized spacial score (nSPS) is 50.8. The summed E-state index contributed by atoms with van der Waals surface area (Å²) in [6.07, 6.45) is 17.7. The zero-order chi connectivity index (χ0) is 18.9. The van der Waals surface area contributed by atoms with Crippen molar-refractivity contribution in [2.45, 2.75) is 83.8 Å². The number of hydrogen-bond donors (Lipinski definition) is 0. The fourth-order valence-corrected chi connectivity index (χ4v) is 7.86. The second-order valence-electron chi connectivity index (χ2n) is 10.4. The van der Waals surface area contributed by atoms with Gasteiger partial charge in [0.2, 0.25) is 0 Å². The number of allylic oxidation sites excluding steroid dienone is 4. The van der Waals surface area contributed by atoms with Crippen molar-refractivity contribution in [3.8, 4) is 0 Å². The molecular weight excluding hydrogens is 332 g/mol. The van der Waals surface area contributed by atoms with Crippen LogP contribution in [-0.4, -0.2) is 18.3 Å². The van der Waals surface area contributed by atoms with E-state index in [-0.39, 0.29) is 5.60 Å². The molecule has 3 fully saturated rings. The molecule has 2 saturated carbocycles. The Morgan fingerprint density at radius 2 is 1.93 bits per heavy atom. The van der Waals surface area contributed by atoms with Gasteiger partial charge in [0.1, 0.15) is 5.60 Å². The van der Waals surface area contributed by atoms with Crippen LogP contribution in [0.5, 0.6) is 0 Å². The van der Waals surface area contributed by atoms with Crippen LogP contribution in [0.2, 0.25) is 0 Å². The number of ether oxygens (including phenoxy) is 2. The zero-order valence-corrected chi connectivity index (χ0v) is 17.4. The summed E-state index contributed by atoms with van der Waals surface area (Å²) in [5.41, 5.74) is 2.29. The molecule has 1 spiro atoms. The van der Waals surface area contributed by atoms with Crippen molar-refractivity contribution in [1.29, 1.82) is 0 Å². The molecule has 5 rings (SSSR count). The van der Waals surface area contributed by atoms with E-state index in [1.807, 2.05) is 0 Å². The average Bonchev–Trinajstić information content (AvgIpc) is 3.16. The summed E-state index contributed by atoms with van der Waals surface area (Å²) in [5.74, 6) is 3.30. The standard InChI is InChI=1S/C25H36O2/c1-5-26-19-9-12-23(3)18(16-19)6-7-20-21(23)10-13-24(4)22(20)11-15-25(24)14-8-17(2)27-25/h6-7,16,19-22H,2,5,8-15H2,1,3-4H3/t19?,20-,21?,22?,23+,24+,25-/m1/s1. The number of rotatable bonds is 2. The largest absolute Gasteiger partial charge is 0.492 e. The number of hydrogen-bond acceptors (Lipinski definition) is 2. The molecule has 0 aromatic carbocycles. The van der Waals surface area contributed by atoms with Gasteiger partial charge in [-0.25, -0.2) is 0 Å². The van der Waals surface area contributed by atoms with Crippen molar-refractivity contribution in [1.82, 2.24) is 0 Å². The molecule has 0 radical (unpaired) electrons. The lowest BCUT2D eigenvalue weighted by molar-refractivity contribution is -0.109. The van der Waals surface area contributed by atoms with Gasteiger partial charge in [-0.15, -0.1) is 0 Å². The second kappa shape index (κ2) is 5.99. The molecule has 0 aromatic heterocycles. The molecule has 4 aliphatic carbocycles. The highest BCUT2D eigenvalue weighted by Crippen LogP contribution is 2.69. The molecule has 0 aromatic rings. The Balaban J connectivity index is 1.47. The topological polar surface area (TPSA) is 18.5 Å². The van der Waals surface area contributed by atoms with Gasteiger partial charge in [-0.05, 0) is 80.6 Å². The highest BCUT2D eigenvalue weighted by atomic mass is 16.5. The molecule has 0 amide bonds. The van der Waals surface area contributed by atoms with Crippen molar-refractivity contribution in [3.63, 3.8) is 0 Å². The first-order valence-corrected chi connectivity index (χ1v) is 11.3. The van der Waals surface area contributed by atoms with Gasteiger partial charge in [0.25, 0.3) is 0 Å². The van der Waals surface area contributed by atoms with E-state index >= 15 is 0 Å². The summed E-state index contributed by atoms with van der Waals surface area (Å²) >= 11 is 0. The lowest BCUT2D eigenvalue weighted by Crippen LogP contribution is -2.53. The molecular formula is C25H36O2. The first kappa shape index (κ1) is 18.0. The van der Waals surface area contributed by atoms with E-state index < -0.39 is 0 Å². The molecule has 1 aliphatic heterocycles. The van der Waals surface area contributed by atoms with Crippen molar-refractivity contribution < 1.29 is 9.47 Å². The van der Waals surface area contributed by atoms with Crippen molar-refractivity contribution in [2.75, 3.05) is 6.61 Å². The van der Waals surface area contributed by atoms with E-state index in [1.165, 1.54) is 44.9 Å². The van der Waals surface area contributed by atoms with E-state index in [0.717, 1.165) is 30.6 Å². The lowest BCUT2D eigenvalue weighted by Gasteiger charge is -2.57. The van der Waals surface area contributed by atoms with Crippen LogP contribution < -0.4 is 0 Å². The predicted molar refractivity (Wildman–Crippen MR) is 109 cm³/mol. The van der Waals surface area contributed by atoms with Crippen molar-refractivity contribution >= 4 is 0 Å². The van der Waals surface area contributed by atoms with Crippen molar-refractivity contribution in [3.05, 3.63) is 36.1 Å². The van der Waals surface area contributed by atoms with Gasteiger partial charge in [-0.3, -0.25) is 0 Å². The highest BCUT2D eigenvalue weighted by molar-refractivity contribution is 5.37. The Kier molecular flexibility index (Phi) is 4.00. The van der Waals surface area contributed by atoms with Gasteiger partial charge < -0.3 is 9.47 Å². The molecule has 7 atom stereocenters. The highest BCUT2D eigenvalue weighted by Gasteiger charge is 2.65. The molecule has 148 valence electrons. The Labute approximate surface area is 165 Å². The Hall–Kier alpha value is -1.02. The minimum absolute atomic E-state index is 0.0806. The van der Waals surface area contributed by atoms with Crippen LogP contribution in [0.25, 0.3) is 0 Å². The van der Waals surface area contributed by atoms with E-state index in [0.29, 0.717) is 22.9 Å². The quantitative estimate of drug-likeness (QED) is 0.578. The summed E-state index contributed by atoms with van der Waals surface area (Å²) < 4.78 is 12.4. The van der Waals surface area contributed by atoms with Crippen LogP contribution in [0.1, 0.15) is 72.1 Å². The minimum Gasteiger partial charge on any atom is -0.492 e. The van der Waals surface area contributed by atoms with Crippen LogP contribution in [0.15, 0.2) is 36.1 Å². The van der Waals surface area contributed by atoms with Crippen LogP contribution in [0.4, 0.5) is 0 Å².